The Kier molecular flexibility index (Phi) is 4.89. The van der Waals surface area contributed by atoms with Crippen molar-refractivity contribution in [2.75, 3.05) is 0 Å². The predicted octanol–water partition coefficient (Wildman–Crippen LogP) is 3.87. The van der Waals surface area contributed by atoms with Crippen LogP contribution in [-0.4, -0.2) is 31.1 Å². The Bertz CT molecular complexity index is 1050. The molecule has 3 heterocycles. The van der Waals surface area contributed by atoms with E-state index in [1.54, 1.807) is 18.5 Å². The second-order valence-electron chi connectivity index (χ2n) is 6.88. The normalized spacial score (nSPS) is 13.4. The number of hydrogen-bond acceptors (Lipinski definition) is 4. The largest absolute Gasteiger partial charge is 0.340 e. The summed E-state index contributed by atoms with van der Waals surface area (Å²) >= 11 is 0. The molecule has 2 atom stereocenters. The maximum atomic E-state index is 12.9. The number of amides is 1. The van der Waals surface area contributed by atoms with Gasteiger partial charge in [0.1, 0.15) is 11.5 Å². The van der Waals surface area contributed by atoms with Crippen LogP contribution in [0.3, 0.4) is 0 Å². The van der Waals surface area contributed by atoms with E-state index in [2.05, 4.69) is 44.3 Å². The summed E-state index contributed by atoms with van der Waals surface area (Å²) in [6.07, 6.45) is 4.33. The molecule has 0 radical (unpaired) electrons. The van der Waals surface area contributed by atoms with Gasteiger partial charge in [0.15, 0.2) is 0 Å². The fraction of sp³-hybridized carbons (Fsp3) is 0.238. The lowest BCUT2D eigenvalue weighted by atomic mass is 9.98. The molecule has 3 aromatic heterocycles. The van der Waals surface area contributed by atoms with Gasteiger partial charge in [-0.05, 0) is 36.2 Å². The van der Waals surface area contributed by atoms with Crippen LogP contribution in [0.25, 0.3) is 22.3 Å². The fourth-order valence-corrected chi connectivity index (χ4v) is 3.15. The Morgan fingerprint density at radius 3 is 2.82 bits per heavy atom. The number of pyridine rings is 1. The second-order valence-corrected chi connectivity index (χ2v) is 6.88. The number of para-hydroxylation sites is 2. The van der Waals surface area contributed by atoms with Gasteiger partial charge in [-0.15, -0.1) is 0 Å². The number of rotatable bonds is 6. The Morgan fingerprint density at radius 1 is 1.21 bits per heavy atom. The van der Waals surface area contributed by atoms with Crippen LogP contribution in [0.15, 0.2) is 54.9 Å². The highest BCUT2D eigenvalue weighted by atomic mass is 16.2. The van der Waals surface area contributed by atoms with Gasteiger partial charge in [0.05, 0.1) is 22.8 Å². The molecule has 0 fully saturated rings. The number of benzene rings is 1. The molecule has 0 bridgehead atoms. The first-order chi connectivity index (χ1) is 13.7. The van der Waals surface area contributed by atoms with E-state index < -0.39 is 0 Å². The van der Waals surface area contributed by atoms with E-state index in [9.17, 15) is 4.79 Å². The van der Waals surface area contributed by atoms with E-state index in [0.717, 1.165) is 28.8 Å². The number of nitrogens with zero attached hydrogens (tertiary/aromatic N) is 3. The van der Waals surface area contributed by atoms with Crippen molar-refractivity contribution in [1.82, 2.24) is 30.5 Å². The molecule has 28 heavy (non-hydrogen) atoms. The first-order valence-electron chi connectivity index (χ1n) is 9.37. The van der Waals surface area contributed by atoms with Gasteiger partial charge in [0.25, 0.3) is 5.91 Å². The monoisotopic (exact) mass is 374 g/mol. The summed E-state index contributed by atoms with van der Waals surface area (Å²) in [6, 6.07) is 13.1. The van der Waals surface area contributed by atoms with Gasteiger partial charge in [-0.2, -0.15) is 5.10 Å². The first kappa shape index (κ1) is 17.9. The van der Waals surface area contributed by atoms with Gasteiger partial charge in [0.2, 0.25) is 0 Å². The molecule has 0 unspecified atom stereocenters. The highest BCUT2D eigenvalue weighted by Crippen LogP contribution is 2.25. The maximum absolute atomic E-state index is 12.9. The molecule has 3 N–H and O–H groups in total. The third kappa shape index (κ3) is 3.51. The lowest BCUT2D eigenvalue weighted by molar-refractivity contribution is 0.0915. The average molecular weight is 374 g/mol. The van der Waals surface area contributed by atoms with E-state index in [-0.39, 0.29) is 17.9 Å². The van der Waals surface area contributed by atoms with Crippen molar-refractivity contribution in [2.24, 2.45) is 5.92 Å². The topological polar surface area (TPSA) is 99.3 Å². The van der Waals surface area contributed by atoms with Crippen LogP contribution in [0.5, 0.6) is 0 Å². The van der Waals surface area contributed by atoms with E-state index in [0.29, 0.717) is 11.4 Å². The van der Waals surface area contributed by atoms with Crippen LogP contribution < -0.4 is 5.32 Å². The molecule has 7 nitrogen and oxygen atoms in total. The lowest BCUT2D eigenvalue weighted by Gasteiger charge is -2.22. The third-order valence-corrected chi connectivity index (χ3v) is 4.98. The molecule has 1 amide bonds. The van der Waals surface area contributed by atoms with Crippen molar-refractivity contribution in [3.8, 4) is 11.3 Å². The van der Waals surface area contributed by atoms with Crippen LogP contribution in [0.2, 0.25) is 0 Å². The second kappa shape index (κ2) is 7.64. The predicted molar refractivity (Wildman–Crippen MR) is 108 cm³/mol. The molecule has 0 aliphatic carbocycles. The van der Waals surface area contributed by atoms with Gasteiger partial charge in [-0.3, -0.25) is 14.9 Å². The molecule has 0 aliphatic rings. The molecule has 0 saturated heterocycles. The molecule has 142 valence electrons. The molecule has 4 rings (SSSR count). The van der Waals surface area contributed by atoms with Crippen LogP contribution in [0.4, 0.5) is 0 Å². The quantitative estimate of drug-likeness (QED) is 0.477. The van der Waals surface area contributed by atoms with Crippen LogP contribution in [0, 0.1) is 5.92 Å². The molecule has 0 spiro atoms. The number of hydrogen-bond donors (Lipinski definition) is 3. The van der Waals surface area contributed by atoms with Crippen molar-refractivity contribution < 1.29 is 4.79 Å². The van der Waals surface area contributed by atoms with Gasteiger partial charge < -0.3 is 10.3 Å². The zero-order valence-corrected chi connectivity index (χ0v) is 15.8. The van der Waals surface area contributed by atoms with Crippen molar-refractivity contribution in [3.05, 3.63) is 66.4 Å². The minimum absolute atomic E-state index is 0.213. The Balaban J connectivity index is 1.58. The number of imidazole rings is 1. The summed E-state index contributed by atoms with van der Waals surface area (Å²) in [4.78, 5) is 25.0. The molecule has 4 aromatic rings. The van der Waals surface area contributed by atoms with E-state index in [1.165, 1.54) is 0 Å². The van der Waals surface area contributed by atoms with E-state index in [4.69, 9.17) is 0 Å². The molecule has 7 heteroatoms. The third-order valence-electron chi connectivity index (χ3n) is 4.98. The first-order valence-corrected chi connectivity index (χ1v) is 9.37. The summed E-state index contributed by atoms with van der Waals surface area (Å²) in [5.41, 5.74) is 3.79. The van der Waals surface area contributed by atoms with Gasteiger partial charge in [-0.1, -0.05) is 32.4 Å². The number of fused-ring (bicyclic) bond motifs is 1. The number of H-pyrrole nitrogens is 2. The lowest BCUT2D eigenvalue weighted by Crippen LogP contribution is -2.33. The summed E-state index contributed by atoms with van der Waals surface area (Å²) in [5, 5.41) is 10.2. The molecular formula is C21H22N6O. The van der Waals surface area contributed by atoms with Crippen LogP contribution in [0.1, 0.15) is 42.6 Å². The summed E-state index contributed by atoms with van der Waals surface area (Å²) in [5.74, 6) is 0.759. The smallest absolute Gasteiger partial charge is 0.269 e. The molecule has 0 saturated carbocycles. The van der Waals surface area contributed by atoms with Crippen molar-refractivity contribution in [1.29, 1.82) is 0 Å². The highest BCUT2D eigenvalue weighted by Gasteiger charge is 2.25. The number of nitrogens with one attached hydrogen (secondary N) is 3. The minimum Gasteiger partial charge on any atom is -0.340 e. The van der Waals surface area contributed by atoms with Gasteiger partial charge in [0, 0.05) is 18.0 Å². The van der Waals surface area contributed by atoms with E-state index in [1.807, 2.05) is 36.4 Å². The average Bonchev–Trinajstić information content (AvgIpc) is 3.39. The minimum atomic E-state index is -0.227. The van der Waals surface area contributed by atoms with Gasteiger partial charge in [-0.25, -0.2) is 4.98 Å². The Morgan fingerprint density at radius 2 is 2.07 bits per heavy atom. The van der Waals surface area contributed by atoms with Crippen molar-refractivity contribution >= 4 is 16.9 Å². The van der Waals surface area contributed by atoms with Crippen molar-refractivity contribution in [3.63, 3.8) is 0 Å². The Labute approximate surface area is 162 Å². The summed E-state index contributed by atoms with van der Waals surface area (Å²) < 4.78 is 0. The molecule has 0 aliphatic heterocycles. The summed E-state index contributed by atoms with van der Waals surface area (Å²) in [6.45, 7) is 4.20. The molecule has 1 aromatic carbocycles. The van der Waals surface area contributed by atoms with E-state index >= 15 is 0 Å². The number of carbonyl (C=O) groups is 1. The Hall–Kier alpha value is -3.48. The highest BCUT2D eigenvalue weighted by molar-refractivity contribution is 5.93. The van der Waals surface area contributed by atoms with Crippen LogP contribution >= 0.6 is 0 Å². The van der Waals surface area contributed by atoms with Crippen LogP contribution in [-0.2, 0) is 0 Å². The zero-order valence-electron chi connectivity index (χ0n) is 15.8. The van der Waals surface area contributed by atoms with Crippen molar-refractivity contribution in [2.45, 2.75) is 26.3 Å². The fourth-order valence-electron chi connectivity index (χ4n) is 3.15. The maximum Gasteiger partial charge on any atom is 0.269 e. The van der Waals surface area contributed by atoms with Gasteiger partial charge >= 0.3 is 0 Å². The number of carbonyl (C=O) groups excluding carboxylic acids is 1. The number of aromatic amines is 2. The summed E-state index contributed by atoms with van der Waals surface area (Å²) in [7, 11) is 0. The number of aromatic nitrogens is 5. The standard InChI is InChI=1S/C21H22N6O/c1-3-13(2)19(20-23-15-8-4-5-9-16(15)24-20)25-21(28)18-11-17(26-27-18)14-7-6-10-22-12-14/h4-13,19H,3H2,1-2H3,(H,23,24)(H,25,28)(H,26,27)/t13-,19+/m0/s1. The zero-order chi connectivity index (χ0) is 19.5. The SMILES string of the molecule is CC[C@H](C)[C@@H](NC(=O)c1cc(-c2cccnc2)n[nH]1)c1nc2ccccc2[nH]1. The molecular weight excluding hydrogens is 352 g/mol.